The highest BCUT2D eigenvalue weighted by molar-refractivity contribution is 5.77. The molecule has 1 amide bonds. The van der Waals surface area contributed by atoms with E-state index in [4.69, 9.17) is 4.74 Å². The van der Waals surface area contributed by atoms with Gasteiger partial charge in [-0.25, -0.2) is 0 Å². The lowest BCUT2D eigenvalue weighted by Crippen LogP contribution is -2.46. The number of hydrogen-bond donors (Lipinski definition) is 3. The minimum Gasteiger partial charge on any atom is -0.462 e. The molecule has 0 spiro atoms. The number of amides is 1. The van der Waals surface area contributed by atoms with Crippen molar-refractivity contribution < 1.29 is 24.5 Å². The third-order valence-electron chi connectivity index (χ3n) is 11.8. The van der Waals surface area contributed by atoms with Crippen molar-refractivity contribution in [2.24, 2.45) is 0 Å². The maximum Gasteiger partial charge on any atom is 0.306 e. The van der Waals surface area contributed by atoms with Crippen LogP contribution in [0.25, 0.3) is 0 Å². The first-order valence-corrected chi connectivity index (χ1v) is 25.4. The fraction of sp³-hybridized carbons (Fsp3) is 0.922. The lowest BCUT2D eigenvalue weighted by Gasteiger charge is -2.24. The van der Waals surface area contributed by atoms with Crippen molar-refractivity contribution in [3.63, 3.8) is 0 Å². The molecule has 3 N–H and O–H groups in total. The molecule has 6 heteroatoms. The summed E-state index contributed by atoms with van der Waals surface area (Å²) in [5.41, 5.74) is 0. The van der Waals surface area contributed by atoms with E-state index in [1.165, 1.54) is 180 Å². The van der Waals surface area contributed by atoms with Gasteiger partial charge in [0, 0.05) is 6.42 Å². The molecule has 0 aliphatic heterocycles. The number of unbranched alkanes of at least 4 members (excludes halogenated alkanes) is 32. The van der Waals surface area contributed by atoms with Crippen LogP contribution in [-0.4, -0.2) is 46.9 Å². The second-order valence-electron chi connectivity index (χ2n) is 17.6. The summed E-state index contributed by atoms with van der Waals surface area (Å²) in [4.78, 5) is 26.0. The molecule has 0 saturated carbocycles. The van der Waals surface area contributed by atoms with E-state index < -0.39 is 18.2 Å². The summed E-state index contributed by atoms with van der Waals surface area (Å²) in [7, 11) is 0. The number of rotatable bonds is 46. The quantitative estimate of drug-likeness (QED) is 0.0323. The maximum atomic E-state index is 13.1. The van der Waals surface area contributed by atoms with Crippen LogP contribution in [-0.2, 0) is 14.3 Å². The Hall–Kier alpha value is -1.40. The predicted octanol–water partition coefficient (Wildman–Crippen LogP) is 15.0. The summed E-state index contributed by atoms with van der Waals surface area (Å²) in [5.74, 6) is -0.492. The fourth-order valence-corrected chi connectivity index (χ4v) is 7.96. The molecule has 0 aliphatic carbocycles. The number of aliphatic hydroxyl groups excluding tert-OH is 2. The molecule has 0 fully saturated rings. The van der Waals surface area contributed by atoms with Crippen LogP contribution in [0.1, 0.15) is 278 Å². The summed E-state index contributed by atoms with van der Waals surface area (Å²) in [5, 5.41) is 23.7. The molecule has 0 aromatic heterocycles. The van der Waals surface area contributed by atoms with Gasteiger partial charge in [0.05, 0.1) is 25.2 Å². The summed E-state index contributed by atoms with van der Waals surface area (Å²) in [6.45, 7) is 6.47. The molecule has 0 rings (SSSR count). The van der Waals surface area contributed by atoms with Gasteiger partial charge in [-0.2, -0.15) is 0 Å². The molecule has 0 saturated heterocycles. The zero-order chi connectivity index (χ0) is 41.7. The van der Waals surface area contributed by atoms with Crippen LogP contribution in [0.2, 0.25) is 0 Å². The van der Waals surface area contributed by atoms with Gasteiger partial charge in [0.15, 0.2) is 0 Å². The van der Waals surface area contributed by atoms with E-state index in [1.54, 1.807) is 0 Å². The Morgan fingerprint density at radius 2 is 0.860 bits per heavy atom. The smallest absolute Gasteiger partial charge is 0.306 e. The van der Waals surface area contributed by atoms with Gasteiger partial charge in [0.2, 0.25) is 5.91 Å². The van der Waals surface area contributed by atoms with E-state index in [9.17, 15) is 19.8 Å². The molecule has 0 heterocycles. The van der Waals surface area contributed by atoms with Crippen molar-refractivity contribution in [2.45, 2.75) is 296 Å². The fourth-order valence-electron chi connectivity index (χ4n) is 7.96. The van der Waals surface area contributed by atoms with Gasteiger partial charge >= 0.3 is 5.97 Å². The third kappa shape index (κ3) is 41.1. The average Bonchev–Trinajstić information content (AvgIpc) is 3.20. The molecule has 3 unspecified atom stereocenters. The van der Waals surface area contributed by atoms with Crippen LogP contribution in [0.3, 0.4) is 0 Å². The van der Waals surface area contributed by atoms with Gasteiger partial charge in [-0.3, -0.25) is 9.59 Å². The summed E-state index contributed by atoms with van der Waals surface area (Å²) in [6, 6.07) is -0.702. The highest BCUT2D eigenvalue weighted by Gasteiger charge is 2.24. The number of hydrogen-bond acceptors (Lipinski definition) is 5. The number of carbonyl (C=O) groups is 2. The minimum absolute atomic E-state index is 0.0631. The van der Waals surface area contributed by atoms with E-state index in [1.807, 2.05) is 0 Å². The van der Waals surface area contributed by atoms with Crippen LogP contribution < -0.4 is 5.32 Å². The number of nitrogens with one attached hydrogen (secondary N) is 1. The summed E-state index contributed by atoms with van der Waals surface area (Å²) in [6.07, 6.45) is 50.0. The van der Waals surface area contributed by atoms with Gasteiger partial charge in [0.25, 0.3) is 0 Å². The molecular formula is C51H99NO5. The summed E-state index contributed by atoms with van der Waals surface area (Å²) >= 11 is 0. The van der Waals surface area contributed by atoms with Crippen LogP contribution >= 0.6 is 0 Å². The van der Waals surface area contributed by atoms with Crippen molar-refractivity contribution in [3.05, 3.63) is 12.2 Å². The molecule has 0 aromatic rings. The number of aliphatic hydroxyl groups is 2. The van der Waals surface area contributed by atoms with Crippen LogP contribution in [0.15, 0.2) is 12.2 Å². The van der Waals surface area contributed by atoms with Crippen molar-refractivity contribution in [1.29, 1.82) is 0 Å². The average molecular weight is 806 g/mol. The Balaban J connectivity index is 4.45. The molecule has 0 bridgehead atoms. The van der Waals surface area contributed by atoms with Gasteiger partial charge in [-0.15, -0.1) is 0 Å². The largest absolute Gasteiger partial charge is 0.462 e. The SMILES string of the molecule is CCCCCCCCC/C=C\CCCC(CC(=O)NC(CO)C(O)CCCCCCCCCCCCCCCCCCC)OC(=O)CCCCCCCCCCC. The number of ether oxygens (including phenoxy) is 1. The van der Waals surface area contributed by atoms with Gasteiger partial charge in [0.1, 0.15) is 6.10 Å². The third-order valence-corrected chi connectivity index (χ3v) is 11.8. The Bertz CT molecular complexity index is 863. The molecule has 338 valence electrons. The maximum absolute atomic E-state index is 13.1. The zero-order valence-electron chi connectivity index (χ0n) is 38.5. The highest BCUT2D eigenvalue weighted by atomic mass is 16.5. The normalized spacial score (nSPS) is 13.3. The Labute approximate surface area is 355 Å². The van der Waals surface area contributed by atoms with Crippen molar-refractivity contribution >= 4 is 11.9 Å². The lowest BCUT2D eigenvalue weighted by molar-refractivity contribution is -0.151. The van der Waals surface area contributed by atoms with Gasteiger partial charge in [-0.1, -0.05) is 232 Å². The molecule has 57 heavy (non-hydrogen) atoms. The van der Waals surface area contributed by atoms with Gasteiger partial charge in [-0.05, 0) is 44.9 Å². The monoisotopic (exact) mass is 806 g/mol. The zero-order valence-corrected chi connectivity index (χ0v) is 38.5. The first-order chi connectivity index (χ1) is 28.0. The van der Waals surface area contributed by atoms with Crippen LogP contribution in [0.5, 0.6) is 0 Å². The number of allylic oxidation sites excluding steroid dienone is 2. The highest BCUT2D eigenvalue weighted by Crippen LogP contribution is 2.18. The first-order valence-electron chi connectivity index (χ1n) is 25.4. The van der Waals surface area contributed by atoms with Crippen molar-refractivity contribution in [3.8, 4) is 0 Å². The molecule has 6 nitrogen and oxygen atoms in total. The van der Waals surface area contributed by atoms with E-state index in [0.717, 1.165) is 51.4 Å². The van der Waals surface area contributed by atoms with E-state index >= 15 is 0 Å². The Kier molecular flexibility index (Phi) is 44.6. The van der Waals surface area contributed by atoms with Gasteiger partial charge < -0.3 is 20.3 Å². The Morgan fingerprint density at radius 1 is 0.491 bits per heavy atom. The standard InChI is InChI=1S/C51H99NO5/c1-4-7-10-13-16-19-21-23-24-25-26-27-29-32-34-37-40-43-49(54)48(46-53)52-50(55)45-47(42-39-36-33-31-28-22-20-17-14-11-8-5-2)57-51(56)44-41-38-35-30-18-15-12-9-6-3/h31,33,47-49,53-54H,4-30,32,34-46H2,1-3H3,(H,52,55)/b33-31-. The van der Waals surface area contributed by atoms with Crippen molar-refractivity contribution in [1.82, 2.24) is 5.32 Å². The molecule has 0 radical (unpaired) electrons. The van der Waals surface area contributed by atoms with Crippen LogP contribution in [0.4, 0.5) is 0 Å². The topological polar surface area (TPSA) is 95.9 Å². The lowest BCUT2D eigenvalue weighted by atomic mass is 10.0. The molecule has 3 atom stereocenters. The number of carbonyl (C=O) groups excluding carboxylic acids is 2. The van der Waals surface area contributed by atoms with Crippen molar-refractivity contribution in [2.75, 3.05) is 6.61 Å². The Morgan fingerprint density at radius 3 is 1.28 bits per heavy atom. The van der Waals surface area contributed by atoms with E-state index in [0.29, 0.717) is 19.3 Å². The van der Waals surface area contributed by atoms with Crippen LogP contribution in [0, 0.1) is 0 Å². The minimum atomic E-state index is -0.788. The van der Waals surface area contributed by atoms with E-state index in [2.05, 4.69) is 38.2 Å². The second-order valence-corrected chi connectivity index (χ2v) is 17.6. The first kappa shape index (κ1) is 55.6. The molecule has 0 aromatic carbocycles. The molecular weight excluding hydrogens is 707 g/mol. The predicted molar refractivity (Wildman–Crippen MR) is 246 cm³/mol. The molecule has 0 aliphatic rings. The number of esters is 1. The second kappa shape index (κ2) is 45.7. The summed E-state index contributed by atoms with van der Waals surface area (Å²) < 4.78 is 5.89. The van der Waals surface area contributed by atoms with E-state index in [-0.39, 0.29) is 24.9 Å².